The molecule has 24 heavy (non-hydrogen) atoms. The summed E-state index contributed by atoms with van der Waals surface area (Å²) in [5.41, 5.74) is 3.11. The molecule has 0 spiro atoms. The van der Waals surface area contributed by atoms with Crippen molar-refractivity contribution in [1.82, 2.24) is 9.19 Å². The Morgan fingerprint density at radius 3 is 2.25 bits per heavy atom. The monoisotopic (exact) mass is 384 g/mol. The van der Waals surface area contributed by atoms with Crippen LogP contribution in [0.15, 0.2) is 60.7 Å². The van der Waals surface area contributed by atoms with Crippen LogP contribution < -0.4 is 0 Å². The summed E-state index contributed by atoms with van der Waals surface area (Å²) in [5.74, 6) is -1.46. The quantitative estimate of drug-likeness (QED) is 0.707. The van der Waals surface area contributed by atoms with Crippen molar-refractivity contribution in [3.05, 3.63) is 81.9 Å². The third-order valence-corrected chi connectivity index (χ3v) is 6.53. The van der Waals surface area contributed by atoms with Crippen LogP contribution in [0.1, 0.15) is 33.1 Å². The second-order valence-electron chi connectivity index (χ2n) is 6.06. The molecular weight excluding hydrogens is 367 g/mol. The van der Waals surface area contributed by atoms with Gasteiger partial charge in [0.05, 0.1) is 0 Å². The van der Waals surface area contributed by atoms with Crippen molar-refractivity contribution in [2.75, 3.05) is 0 Å². The van der Waals surface area contributed by atoms with Gasteiger partial charge in [-0.15, -0.1) is 0 Å². The number of carboxylic acid groups (broad SMARTS) is 1. The number of carboxylic acids is 1. The Kier molecular flexibility index (Phi) is 4.05. The Hall–Kier alpha value is -2.23. The van der Waals surface area contributed by atoms with Gasteiger partial charge >= 0.3 is 146 Å². The first-order chi connectivity index (χ1) is 11.8. The van der Waals surface area contributed by atoms with Crippen LogP contribution in [0.4, 0.5) is 0 Å². The molecule has 1 N–H and O–H groups in total. The maximum atomic E-state index is 12.2. The van der Waals surface area contributed by atoms with E-state index in [-0.39, 0.29) is 26.6 Å². The zero-order chi connectivity index (χ0) is 16.5. The number of fused-ring (bicyclic) bond motifs is 1. The molecule has 0 fully saturated rings. The fourth-order valence-corrected chi connectivity index (χ4v) is 5.47. The minimum absolute atomic E-state index is 0.0829. The SMILES string of the molecule is O=C(O)C1C(c2ccccc2)Cc2nn[se]c2C1c1ccccc1. The van der Waals surface area contributed by atoms with Crippen LogP contribution in [0.2, 0.25) is 0 Å². The Bertz CT molecular complexity index is 848. The van der Waals surface area contributed by atoms with Crippen LogP contribution in [0, 0.1) is 5.92 Å². The average molecular weight is 383 g/mol. The van der Waals surface area contributed by atoms with Crippen molar-refractivity contribution in [2.45, 2.75) is 18.3 Å². The first-order valence-corrected chi connectivity index (χ1v) is 9.52. The molecule has 0 amide bonds. The molecular formula is C19H16N2O2Se. The predicted molar refractivity (Wildman–Crippen MR) is 91.3 cm³/mol. The van der Waals surface area contributed by atoms with E-state index in [0.717, 1.165) is 21.3 Å². The Morgan fingerprint density at radius 2 is 1.62 bits per heavy atom. The summed E-state index contributed by atoms with van der Waals surface area (Å²) in [4.78, 5) is 12.2. The van der Waals surface area contributed by atoms with Crippen molar-refractivity contribution in [1.29, 1.82) is 0 Å². The third kappa shape index (κ3) is 2.60. The standard InChI is InChI=1S/C19H16N2O2Se/c22-19(23)17-14(12-7-3-1-4-8-12)11-15-18(24-21-20-15)16(17)13-9-5-2-6-10-13/h1-10,14,16-17H,11H2,(H,22,23). The number of benzene rings is 2. The number of carbonyl (C=O) groups is 1. The average Bonchev–Trinajstić information content (AvgIpc) is 3.09. The van der Waals surface area contributed by atoms with E-state index < -0.39 is 11.9 Å². The zero-order valence-electron chi connectivity index (χ0n) is 12.9. The molecule has 0 aliphatic heterocycles. The van der Waals surface area contributed by atoms with Gasteiger partial charge in [0.1, 0.15) is 0 Å². The number of hydrogen-bond donors (Lipinski definition) is 1. The summed E-state index contributed by atoms with van der Waals surface area (Å²) in [6.45, 7) is 0. The topological polar surface area (TPSA) is 63.1 Å². The molecule has 4 rings (SSSR count). The van der Waals surface area contributed by atoms with Crippen molar-refractivity contribution >= 4 is 20.7 Å². The summed E-state index contributed by atoms with van der Waals surface area (Å²) in [7, 11) is 0. The summed E-state index contributed by atoms with van der Waals surface area (Å²) < 4.78 is 5.38. The molecule has 0 saturated heterocycles. The van der Waals surface area contributed by atoms with Gasteiger partial charge < -0.3 is 0 Å². The molecule has 5 heteroatoms. The normalized spacial score (nSPS) is 22.8. The first-order valence-electron chi connectivity index (χ1n) is 7.89. The summed E-state index contributed by atoms with van der Waals surface area (Å²) in [6.07, 6.45) is 0.658. The Morgan fingerprint density at radius 1 is 1.00 bits per heavy atom. The third-order valence-electron chi connectivity index (χ3n) is 4.75. The van der Waals surface area contributed by atoms with Crippen LogP contribution in [0.25, 0.3) is 0 Å². The molecule has 1 aliphatic rings. The number of aliphatic carboxylic acids is 1. The van der Waals surface area contributed by atoms with Crippen LogP contribution in [0.3, 0.4) is 0 Å². The van der Waals surface area contributed by atoms with Crippen LogP contribution in [-0.2, 0) is 11.2 Å². The number of rotatable bonds is 3. The molecule has 0 saturated carbocycles. The van der Waals surface area contributed by atoms with E-state index in [9.17, 15) is 9.90 Å². The molecule has 120 valence electrons. The number of hydrogen-bond acceptors (Lipinski definition) is 3. The van der Waals surface area contributed by atoms with Gasteiger partial charge in [0.15, 0.2) is 0 Å². The van der Waals surface area contributed by atoms with Gasteiger partial charge in [-0.2, -0.15) is 0 Å². The van der Waals surface area contributed by atoms with Crippen LogP contribution in [-0.4, -0.2) is 35.0 Å². The van der Waals surface area contributed by atoms with Crippen LogP contribution >= 0.6 is 0 Å². The predicted octanol–water partition coefficient (Wildman–Crippen LogP) is 2.71. The first kappa shape index (κ1) is 15.3. The summed E-state index contributed by atoms with van der Waals surface area (Å²) in [5, 5.41) is 14.4. The number of aromatic nitrogens is 2. The Balaban J connectivity index is 1.88. The van der Waals surface area contributed by atoms with E-state index in [0.29, 0.717) is 6.42 Å². The molecule has 3 unspecified atom stereocenters. The van der Waals surface area contributed by atoms with Gasteiger partial charge in [-0.1, -0.05) is 0 Å². The second kappa shape index (κ2) is 6.34. The maximum absolute atomic E-state index is 12.2. The van der Waals surface area contributed by atoms with Crippen molar-refractivity contribution in [2.24, 2.45) is 5.92 Å². The van der Waals surface area contributed by atoms with E-state index in [2.05, 4.69) is 9.19 Å². The van der Waals surface area contributed by atoms with Gasteiger partial charge in [0, 0.05) is 0 Å². The van der Waals surface area contributed by atoms with E-state index in [1.54, 1.807) is 0 Å². The van der Waals surface area contributed by atoms with E-state index in [1.807, 2.05) is 60.7 Å². The second-order valence-corrected chi connectivity index (χ2v) is 7.71. The molecule has 4 nitrogen and oxygen atoms in total. The molecule has 3 aromatic rings. The number of nitrogens with zero attached hydrogens (tertiary/aromatic N) is 2. The summed E-state index contributed by atoms with van der Waals surface area (Å²) >= 11 is -0.0921. The van der Waals surface area contributed by atoms with Crippen molar-refractivity contribution in [3.63, 3.8) is 0 Å². The molecule has 1 heterocycles. The van der Waals surface area contributed by atoms with Crippen LogP contribution in [0.5, 0.6) is 0 Å². The van der Waals surface area contributed by atoms with Crippen molar-refractivity contribution in [3.8, 4) is 0 Å². The molecule has 3 atom stereocenters. The molecule has 1 aliphatic carbocycles. The van der Waals surface area contributed by atoms with Gasteiger partial charge in [-0.05, 0) is 0 Å². The van der Waals surface area contributed by atoms with E-state index >= 15 is 0 Å². The van der Waals surface area contributed by atoms with E-state index in [1.165, 1.54) is 0 Å². The Labute approximate surface area is 146 Å². The molecule has 1 aromatic heterocycles. The molecule has 0 bridgehead atoms. The van der Waals surface area contributed by atoms with E-state index in [4.69, 9.17) is 0 Å². The van der Waals surface area contributed by atoms with Gasteiger partial charge in [-0.25, -0.2) is 0 Å². The van der Waals surface area contributed by atoms with Gasteiger partial charge in [-0.3, -0.25) is 0 Å². The molecule has 2 aromatic carbocycles. The zero-order valence-corrected chi connectivity index (χ0v) is 14.6. The summed E-state index contributed by atoms with van der Waals surface area (Å²) in [6, 6.07) is 19.9. The fraction of sp³-hybridized carbons (Fsp3) is 0.211. The van der Waals surface area contributed by atoms with Gasteiger partial charge in [0.2, 0.25) is 0 Å². The minimum atomic E-state index is -0.744. The van der Waals surface area contributed by atoms with Crippen molar-refractivity contribution < 1.29 is 9.90 Å². The molecule has 0 radical (unpaired) electrons. The van der Waals surface area contributed by atoms with Gasteiger partial charge in [0.25, 0.3) is 0 Å². The fourth-order valence-electron chi connectivity index (χ4n) is 3.68.